The van der Waals surface area contributed by atoms with Crippen molar-refractivity contribution < 1.29 is 18.4 Å². The Balaban J connectivity index is 1.67. The summed E-state index contributed by atoms with van der Waals surface area (Å²) in [7, 11) is 0. The van der Waals surface area contributed by atoms with Crippen molar-refractivity contribution >= 4 is 22.7 Å². The summed E-state index contributed by atoms with van der Waals surface area (Å²) in [6.45, 7) is 1.62. The monoisotopic (exact) mass is 407 g/mol. The zero-order valence-corrected chi connectivity index (χ0v) is 15.7. The lowest BCUT2D eigenvalue weighted by atomic mass is 10.1. The van der Waals surface area contributed by atoms with Crippen molar-refractivity contribution in [2.24, 2.45) is 5.73 Å². The van der Waals surface area contributed by atoms with E-state index in [2.05, 4.69) is 15.4 Å². The van der Waals surface area contributed by atoms with E-state index in [9.17, 15) is 18.4 Å². The zero-order chi connectivity index (χ0) is 21.4. The number of nitrogens with zero attached hydrogens (tertiary/aromatic N) is 3. The van der Waals surface area contributed by atoms with E-state index in [4.69, 9.17) is 5.73 Å². The SMILES string of the molecule is Cc1nc(-c2cccc(F)c2)ncc1C(=O)Nn1cc(C(N)=O)c2cc(F)ccc21. The summed E-state index contributed by atoms with van der Waals surface area (Å²) >= 11 is 0. The third-order valence-electron chi connectivity index (χ3n) is 4.56. The van der Waals surface area contributed by atoms with Crippen molar-refractivity contribution in [1.82, 2.24) is 14.6 Å². The van der Waals surface area contributed by atoms with Crippen LogP contribution in [0.2, 0.25) is 0 Å². The maximum atomic E-state index is 13.6. The number of rotatable bonds is 4. The minimum Gasteiger partial charge on any atom is -0.366 e. The number of halogens is 2. The highest BCUT2D eigenvalue weighted by Gasteiger charge is 2.18. The van der Waals surface area contributed by atoms with Crippen LogP contribution < -0.4 is 11.2 Å². The molecule has 0 saturated heterocycles. The van der Waals surface area contributed by atoms with E-state index >= 15 is 0 Å². The molecule has 0 fully saturated rings. The third-order valence-corrected chi connectivity index (χ3v) is 4.56. The van der Waals surface area contributed by atoms with E-state index in [1.807, 2.05) is 0 Å². The van der Waals surface area contributed by atoms with Crippen LogP contribution in [0, 0.1) is 18.6 Å². The van der Waals surface area contributed by atoms with Gasteiger partial charge in [-0.05, 0) is 37.3 Å². The lowest BCUT2D eigenvalue weighted by Crippen LogP contribution is -2.23. The number of amides is 2. The number of benzene rings is 2. The van der Waals surface area contributed by atoms with Crippen molar-refractivity contribution in [3.8, 4) is 11.4 Å². The van der Waals surface area contributed by atoms with E-state index in [0.29, 0.717) is 16.8 Å². The fourth-order valence-corrected chi connectivity index (χ4v) is 3.12. The highest BCUT2D eigenvalue weighted by atomic mass is 19.1. The van der Waals surface area contributed by atoms with Gasteiger partial charge in [0.05, 0.1) is 22.3 Å². The van der Waals surface area contributed by atoms with Crippen LogP contribution in [0.25, 0.3) is 22.3 Å². The number of primary amides is 1. The molecular weight excluding hydrogens is 392 g/mol. The van der Waals surface area contributed by atoms with Gasteiger partial charge in [0.15, 0.2) is 5.82 Å². The molecule has 3 N–H and O–H groups in total. The number of aryl methyl sites for hydroxylation is 1. The molecule has 4 rings (SSSR count). The minimum atomic E-state index is -0.752. The predicted molar refractivity (Wildman–Crippen MR) is 106 cm³/mol. The molecule has 0 aliphatic carbocycles. The standard InChI is InChI=1S/C21H15F2N5O2/c1-11-16(9-25-20(26-11)12-3-2-4-13(22)7-12)21(30)27-28-10-17(19(24)29)15-8-14(23)5-6-18(15)28/h2-10H,1H3,(H2,24,29)(H,27,30). The third kappa shape index (κ3) is 3.48. The quantitative estimate of drug-likeness (QED) is 0.542. The molecule has 4 aromatic rings. The number of carbonyl (C=O) groups excluding carboxylic acids is 2. The molecule has 150 valence electrons. The van der Waals surface area contributed by atoms with E-state index in [1.54, 1.807) is 19.1 Å². The van der Waals surface area contributed by atoms with Crippen molar-refractivity contribution in [2.45, 2.75) is 6.92 Å². The van der Waals surface area contributed by atoms with Crippen molar-refractivity contribution in [2.75, 3.05) is 5.43 Å². The van der Waals surface area contributed by atoms with Crippen molar-refractivity contribution in [1.29, 1.82) is 0 Å². The Hall–Kier alpha value is -4.14. The summed E-state index contributed by atoms with van der Waals surface area (Å²) < 4.78 is 28.3. The maximum Gasteiger partial charge on any atom is 0.273 e. The smallest absolute Gasteiger partial charge is 0.273 e. The molecule has 0 aliphatic rings. The molecule has 0 saturated carbocycles. The molecular formula is C21H15F2N5O2. The molecule has 2 heterocycles. The molecule has 0 spiro atoms. The van der Waals surface area contributed by atoms with Crippen molar-refractivity contribution in [3.63, 3.8) is 0 Å². The number of fused-ring (bicyclic) bond motifs is 1. The second-order valence-corrected chi connectivity index (χ2v) is 6.58. The molecule has 0 atom stereocenters. The summed E-state index contributed by atoms with van der Waals surface area (Å²) in [5, 5.41) is 0.275. The van der Waals surface area contributed by atoms with Gasteiger partial charge in [-0.1, -0.05) is 12.1 Å². The Morgan fingerprint density at radius 1 is 1.07 bits per heavy atom. The van der Waals surface area contributed by atoms with Crippen LogP contribution in [0.5, 0.6) is 0 Å². The van der Waals surface area contributed by atoms with Crippen LogP contribution in [0.4, 0.5) is 8.78 Å². The molecule has 9 heteroatoms. The highest BCUT2D eigenvalue weighted by molar-refractivity contribution is 6.08. The van der Waals surface area contributed by atoms with E-state index in [-0.39, 0.29) is 22.3 Å². The molecule has 2 aromatic carbocycles. The first-order valence-corrected chi connectivity index (χ1v) is 8.85. The summed E-state index contributed by atoms with van der Waals surface area (Å²) in [6.07, 6.45) is 2.65. The Morgan fingerprint density at radius 3 is 2.53 bits per heavy atom. The van der Waals surface area contributed by atoms with Crippen LogP contribution in [0.15, 0.2) is 54.9 Å². The average Bonchev–Trinajstić information content (AvgIpc) is 3.05. The lowest BCUT2D eigenvalue weighted by molar-refractivity contribution is 0.0992. The molecule has 0 bridgehead atoms. The summed E-state index contributed by atoms with van der Waals surface area (Å²) in [5.74, 6) is -1.97. The minimum absolute atomic E-state index is 0.0687. The molecule has 0 aliphatic heterocycles. The predicted octanol–water partition coefficient (Wildman–Crippen LogP) is 3.17. The van der Waals surface area contributed by atoms with Gasteiger partial charge < -0.3 is 5.73 Å². The summed E-state index contributed by atoms with van der Waals surface area (Å²) in [6, 6.07) is 9.61. The van der Waals surface area contributed by atoms with Crippen LogP contribution in [0.3, 0.4) is 0 Å². The van der Waals surface area contributed by atoms with Crippen LogP contribution in [-0.4, -0.2) is 26.5 Å². The average molecular weight is 407 g/mol. The van der Waals surface area contributed by atoms with E-state index < -0.39 is 23.4 Å². The maximum absolute atomic E-state index is 13.6. The van der Waals surface area contributed by atoms with Crippen LogP contribution in [-0.2, 0) is 0 Å². The fraction of sp³-hybridized carbons (Fsp3) is 0.0476. The Kier molecular flexibility index (Phi) is 4.71. The first-order valence-electron chi connectivity index (χ1n) is 8.85. The van der Waals surface area contributed by atoms with Gasteiger partial charge in [-0.15, -0.1) is 0 Å². The molecule has 2 aromatic heterocycles. The van der Waals surface area contributed by atoms with Gasteiger partial charge in [-0.2, -0.15) is 0 Å². The second-order valence-electron chi connectivity index (χ2n) is 6.58. The number of aromatic nitrogens is 3. The van der Waals surface area contributed by atoms with Gasteiger partial charge in [-0.25, -0.2) is 18.7 Å². The number of hydrogen-bond donors (Lipinski definition) is 2. The lowest BCUT2D eigenvalue weighted by Gasteiger charge is -2.10. The van der Waals surface area contributed by atoms with Gasteiger partial charge in [-0.3, -0.25) is 19.7 Å². The van der Waals surface area contributed by atoms with E-state index in [1.165, 1.54) is 47.4 Å². The van der Waals surface area contributed by atoms with Gasteiger partial charge in [0.25, 0.3) is 11.8 Å². The Labute approximate surface area is 169 Å². The first kappa shape index (κ1) is 19.2. The number of carbonyl (C=O) groups is 2. The normalized spacial score (nSPS) is 10.9. The number of nitrogens with two attached hydrogens (primary N) is 1. The molecule has 7 nitrogen and oxygen atoms in total. The van der Waals surface area contributed by atoms with Crippen LogP contribution >= 0.6 is 0 Å². The zero-order valence-electron chi connectivity index (χ0n) is 15.7. The first-order chi connectivity index (χ1) is 14.3. The van der Waals surface area contributed by atoms with Gasteiger partial charge >= 0.3 is 0 Å². The molecule has 30 heavy (non-hydrogen) atoms. The number of nitrogens with one attached hydrogen (secondary N) is 1. The summed E-state index contributed by atoms with van der Waals surface area (Å²) in [4.78, 5) is 32.9. The van der Waals surface area contributed by atoms with Crippen LogP contribution in [0.1, 0.15) is 26.4 Å². The van der Waals surface area contributed by atoms with Gasteiger partial charge in [0.2, 0.25) is 0 Å². The van der Waals surface area contributed by atoms with E-state index in [0.717, 1.165) is 0 Å². The molecule has 0 radical (unpaired) electrons. The Morgan fingerprint density at radius 2 is 1.83 bits per heavy atom. The molecule has 0 unspecified atom stereocenters. The second kappa shape index (κ2) is 7.36. The topological polar surface area (TPSA) is 103 Å². The number of hydrogen-bond acceptors (Lipinski definition) is 4. The Bertz CT molecular complexity index is 1320. The van der Waals surface area contributed by atoms with Crippen molar-refractivity contribution in [3.05, 3.63) is 83.3 Å². The largest absolute Gasteiger partial charge is 0.366 e. The summed E-state index contributed by atoms with van der Waals surface area (Å²) in [5.41, 5.74) is 9.47. The molecule has 2 amide bonds. The highest BCUT2D eigenvalue weighted by Crippen LogP contribution is 2.22. The van der Waals surface area contributed by atoms with Gasteiger partial charge in [0.1, 0.15) is 11.6 Å². The van der Waals surface area contributed by atoms with Gasteiger partial charge in [0, 0.05) is 23.3 Å². The fourth-order valence-electron chi connectivity index (χ4n) is 3.12.